The zero-order chi connectivity index (χ0) is 22.4. The van der Waals surface area contributed by atoms with Gasteiger partial charge in [-0.05, 0) is 41.8 Å². The number of halogens is 3. The predicted molar refractivity (Wildman–Crippen MR) is 105 cm³/mol. The van der Waals surface area contributed by atoms with E-state index in [9.17, 15) is 26.4 Å². The third-order valence-electron chi connectivity index (χ3n) is 3.87. The van der Waals surface area contributed by atoms with E-state index >= 15 is 0 Å². The standard InChI is InChI=1S/C19H21F3N2O5S/c1-28-17-10-13(4-8-16(17)29-12-19(20,21)22)5-9-18(25)24-15-6-2-14(3-7-15)11-30(23,26)27/h2-4,6-8,10H,5,9,11-12H2,1H3,(H,24,25)(H2,23,26,27). The maximum absolute atomic E-state index is 12.3. The average molecular weight is 446 g/mol. The molecule has 2 aromatic carbocycles. The molecule has 0 heterocycles. The van der Waals surface area contributed by atoms with Gasteiger partial charge in [0.25, 0.3) is 0 Å². The summed E-state index contributed by atoms with van der Waals surface area (Å²) in [5.41, 5.74) is 1.67. The van der Waals surface area contributed by atoms with Crippen LogP contribution in [0.4, 0.5) is 18.9 Å². The van der Waals surface area contributed by atoms with Crippen LogP contribution in [0.15, 0.2) is 42.5 Å². The van der Waals surface area contributed by atoms with Gasteiger partial charge >= 0.3 is 6.18 Å². The van der Waals surface area contributed by atoms with Crippen molar-refractivity contribution in [3.8, 4) is 11.5 Å². The Hall–Kier alpha value is -2.79. The highest BCUT2D eigenvalue weighted by atomic mass is 32.2. The summed E-state index contributed by atoms with van der Waals surface area (Å²) in [4.78, 5) is 12.1. The molecule has 2 rings (SSSR count). The number of benzene rings is 2. The molecule has 11 heteroatoms. The molecule has 0 aliphatic heterocycles. The van der Waals surface area contributed by atoms with Crippen LogP contribution in [0.3, 0.4) is 0 Å². The highest BCUT2D eigenvalue weighted by Gasteiger charge is 2.29. The minimum absolute atomic E-state index is 0.0393. The number of methoxy groups -OCH3 is 1. The molecule has 0 radical (unpaired) electrons. The topological polar surface area (TPSA) is 108 Å². The smallest absolute Gasteiger partial charge is 0.422 e. The van der Waals surface area contributed by atoms with Gasteiger partial charge in [-0.3, -0.25) is 4.79 Å². The fraction of sp³-hybridized carbons (Fsp3) is 0.316. The number of anilines is 1. The van der Waals surface area contributed by atoms with E-state index in [1.165, 1.54) is 19.2 Å². The van der Waals surface area contributed by atoms with E-state index in [0.29, 0.717) is 23.2 Å². The number of amides is 1. The van der Waals surface area contributed by atoms with Gasteiger partial charge in [-0.25, -0.2) is 13.6 Å². The van der Waals surface area contributed by atoms with Gasteiger partial charge < -0.3 is 14.8 Å². The van der Waals surface area contributed by atoms with Crippen LogP contribution in [0, 0.1) is 0 Å². The summed E-state index contributed by atoms with van der Waals surface area (Å²) < 4.78 is 68.8. The fourth-order valence-electron chi connectivity index (χ4n) is 2.54. The minimum Gasteiger partial charge on any atom is -0.493 e. The van der Waals surface area contributed by atoms with Crippen LogP contribution < -0.4 is 19.9 Å². The second-order valence-corrected chi connectivity index (χ2v) is 8.06. The van der Waals surface area contributed by atoms with Crippen LogP contribution in [0.25, 0.3) is 0 Å². The van der Waals surface area contributed by atoms with Crippen molar-refractivity contribution in [3.05, 3.63) is 53.6 Å². The molecule has 0 saturated heterocycles. The van der Waals surface area contributed by atoms with Gasteiger partial charge in [0.1, 0.15) is 0 Å². The van der Waals surface area contributed by atoms with Gasteiger partial charge in [0.2, 0.25) is 15.9 Å². The Balaban J connectivity index is 1.91. The van der Waals surface area contributed by atoms with Crippen molar-refractivity contribution in [3.63, 3.8) is 0 Å². The molecule has 0 bridgehead atoms. The normalized spacial score (nSPS) is 11.8. The quantitative estimate of drug-likeness (QED) is 0.616. The molecule has 7 nitrogen and oxygen atoms in total. The molecule has 30 heavy (non-hydrogen) atoms. The largest absolute Gasteiger partial charge is 0.493 e. The van der Waals surface area contributed by atoms with Crippen molar-refractivity contribution in [1.82, 2.24) is 0 Å². The van der Waals surface area contributed by atoms with Crippen LogP contribution in [-0.4, -0.2) is 34.2 Å². The van der Waals surface area contributed by atoms with Gasteiger partial charge in [-0.1, -0.05) is 18.2 Å². The van der Waals surface area contributed by atoms with Gasteiger partial charge in [0.15, 0.2) is 18.1 Å². The third kappa shape index (κ3) is 8.29. The molecule has 0 fully saturated rings. The first-order valence-corrected chi connectivity index (χ1v) is 10.4. The van der Waals surface area contributed by atoms with Crippen molar-refractivity contribution < 1.29 is 35.9 Å². The number of carbonyl (C=O) groups excluding carboxylic acids is 1. The number of nitrogens with two attached hydrogens (primary N) is 1. The number of hydrogen-bond acceptors (Lipinski definition) is 5. The highest BCUT2D eigenvalue weighted by molar-refractivity contribution is 7.88. The molecule has 1 amide bonds. The molecule has 0 aromatic heterocycles. The number of sulfonamides is 1. The van der Waals surface area contributed by atoms with E-state index in [2.05, 4.69) is 5.32 Å². The molecule has 164 valence electrons. The Morgan fingerprint density at radius 1 is 1.07 bits per heavy atom. The number of primary sulfonamides is 1. The number of alkyl halides is 3. The molecule has 3 N–H and O–H groups in total. The summed E-state index contributed by atoms with van der Waals surface area (Å²) >= 11 is 0. The van der Waals surface area contributed by atoms with Gasteiger partial charge in [-0.15, -0.1) is 0 Å². The van der Waals surface area contributed by atoms with Crippen LogP contribution in [0.1, 0.15) is 17.5 Å². The molecule has 0 atom stereocenters. The van der Waals surface area contributed by atoms with Crippen LogP contribution in [-0.2, 0) is 27.0 Å². The van der Waals surface area contributed by atoms with E-state index < -0.39 is 22.8 Å². The Morgan fingerprint density at radius 2 is 1.70 bits per heavy atom. The third-order valence-corrected chi connectivity index (χ3v) is 4.60. The summed E-state index contributed by atoms with van der Waals surface area (Å²) in [7, 11) is -2.32. The zero-order valence-electron chi connectivity index (χ0n) is 16.0. The van der Waals surface area contributed by atoms with Crippen molar-refractivity contribution >= 4 is 21.6 Å². The lowest BCUT2D eigenvalue weighted by atomic mass is 10.1. The molecular formula is C19H21F3N2O5S. The van der Waals surface area contributed by atoms with Crippen molar-refractivity contribution in [2.24, 2.45) is 5.14 Å². The van der Waals surface area contributed by atoms with E-state index in [1.54, 1.807) is 30.3 Å². The van der Waals surface area contributed by atoms with Crippen molar-refractivity contribution in [1.29, 1.82) is 0 Å². The first-order valence-electron chi connectivity index (χ1n) is 8.71. The molecule has 0 aliphatic carbocycles. The van der Waals surface area contributed by atoms with Crippen molar-refractivity contribution in [2.45, 2.75) is 24.8 Å². The maximum Gasteiger partial charge on any atom is 0.422 e. The summed E-state index contributed by atoms with van der Waals surface area (Å²) in [5, 5.41) is 7.66. The minimum atomic E-state index is -4.46. The predicted octanol–water partition coefficient (Wildman–Crippen LogP) is 3.00. The van der Waals surface area contributed by atoms with E-state index in [0.717, 1.165) is 0 Å². The summed E-state index contributed by atoms with van der Waals surface area (Å²) in [5.74, 6) is -0.484. The van der Waals surface area contributed by atoms with E-state index in [4.69, 9.17) is 14.6 Å². The number of rotatable bonds is 9. The lowest BCUT2D eigenvalue weighted by Crippen LogP contribution is -2.19. The summed E-state index contributed by atoms with van der Waals surface area (Å²) in [6.07, 6.45) is -4.02. The summed E-state index contributed by atoms with van der Waals surface area (Å²) in [6.45, 7) is -1.43. The van der Waals surface area contributed by atoms with Crippen LogP contribution >= 0.6 is 0 Å². The SMILES string of the molecule is COc1cc(CCC(=O)Nc2ccc(CS(N)(=O)=O)cc2)ccc1OCC(F)(F)F. The number of nitrogens with one attached hydrogen (secondary N) is 1. The lowest BCUT2D eigenvalue weighted by molar-refractivity contribution is -0.153. The van der Waals surface area contributed by atoms with E-state index in [1.807, 2.05) is 0 Å². The molecule has 0 unspecified atom stereocenters. The first-order chi connectivity index (χ1) is 13.9. The number of aryl methyl sites for hydroxylation is 1. The average Bonchev–Trinajstić information content (AvgIpc) is 2.64. The molecule has 0 saturated carbocycles. The summed E-state index contributed by atoms with van der Waals surface area (Å²) in [6, 6.07) is 10.7. The monoisotopic (exact) mass is 446 g/mol. The van der Waals surface area contributed by atoms with Crippen LogP contribution in [0.2, 0.25) is 0 Å². The van der Waals surface area contributed by atoms with E-state index in [-0.39, 0.29) is 29.6 Å². The Bertz CT molecular complexity index is 977. The number of hydrogen-bond donors (Lipinski definition) is 2. The number of ether oxygens (including phenoxy) is 2. The molecule has 0 spiro atoms. The Morgan fingerprint density at radius 3 is 2.27 bits per heavy atom. The fourth-order valence-corrected chi connectivity index (χ4v) is 3.20. The number of carbonyl (C=O) groups is 1. The van der Waals surface area contributed by atoms with Crippen molar-refractivity contribution in [2.75, 3.05) is 19.0 Å². The Labute approximate surface area is 172 Å². The molecule has 2 aromatic rings. The zero-order valence-corrected chi connectivity index (χ0v) is 16.8. The second kappa shape index (κ2) is 9.81. The molecule has 0 aliphatic rings. The second-order valence-electron chi connectivity index (χ2n) is 6.44. The molecular weight excluding hydrogens is 425 g/mol. The maximum atomic E-state index is 12.3. The Kier molecular flexibility index (Phi) is 7.68. The van der Waals surface area contributed by atoms with Gasteiger partial charge in [0.05, 0.1) is 12.9 Å². The highest BCUT2D eigenvalue weighted by Crippen LogP contribution is 2.30. The lowest BCUT2D eigenvalue weighted by Gasteiger charge is -2.13. The first kappa shape index (κ1) is 23.5. The van der Waals surface area contributed by atoms with Gasteiger partial charge in [-0.2, -0.15) is 13.2 Å². The van der Waals surface area contributed by atoms with Crippen LogP contribution in [0.5, 0.6) is 11.5 Å². The van der Waals surface area contributed by atoms with Gasteiger partial charge in [0, 0.05) is 12.1 Å².